The van der Waals surface area contributed by atoms with Gasteiger partial charge in [0, 0.05) is 5.56 Å². The SMILES string of the molecule is COc1ccc(C(F)(F)F)cc1-c1ccc(C)c(O)c1. The van der Waals surface area contributed by atoms with Gasteiger partial charge in [0.25, 0.3) is 0 Å². The van der Waals surface area contributed by atoms with Gasteiger partial charge < -0.3 is 9.84 Å². The number of hydrogen-bond acceptors (Lipinski definition) is 2. The van der Waals surface area contributed by atoms with Crippen molar-refractivity contribution in [3.8, 4) is 22.6 Å². The summed E-state index contributed by atoms with van der Waals surface area (Å²) in [6.07, 6.45) is -4.42. The van der Waals surface area contributed by atoms with Gasteiger partial charge >= 0.3 is 6.18 Å². The first-order valence-corrected chi connectivity index (χ1v) is 5.88. The Balaban J connectivity index is 2.61. The van der Waals surface area contributed by atoms with Gasteiger partial charge in [-0.15, -0.1) is 0 Å². The molecule has 0 aliphatic carbocycles. The second-order valence-corrected chi connectivity index (χ2v) is 4.41. The van der Waals surface area contributed by atoms with E-state index in [-0.39, 0.29) is 11.3 Å². The number of benzene rings is 2. The highest BCUT2D eigenvalue weighted by molar-refractivity contribution is 5.73. The standard InChI is InChI=1S/C15H13F3O2/c1-9-3-4-10(7-13(9)19)12-8-11(15(16,17)18)5-6-14(12)20-2/h3-8,19H,1-2H3. The lowest BCUT2D eigenvalue weighted by molar-refractivity contribution is -0.137. The molecular weight excluding hydrogens is 269 g/mol. The Hall–Kier alpha value is -2.17. The third-order valence-electron chi connectivity index (χ3n) is 3.05. The van der Waals surface area contributed by atoms with Crippen LogP contribution in [0.4, 0.5) is 13.2 Å². The molecule has 106 valence electrons. The molecule has 1 N–H and O–H groups in total. The molecule has 0 amide bonds. The van der Waals surface area contributed by atoms with Crippen LogP contribution in [-0.4, -0.2) is 12.2 Å². The second kappa shape index (κ2) is 5.07. The van der Waals surface area contributed by atoms with Crippen LogP contribution in [0.25, 0.3) is 11.1 Å². The van der Waals surface area contributed by atoms with Gasteiger partial charge in [-0.1, -0.05) is 12.1 Å². The Morgan fingerprint density at radius 3 is 2.30 bits per heavy atom. The Labute approximate surface area is 114 Å². The third-order valence-corrected chi connectivity index (χ3v) is 3.05. The van der Waals surface area contributed by atoms with Crippen LogP contribution in [0.15, 0.2) is 36.4 Å². The minimum atomic E-state index is -4.42. The fourth-order valence-corrected chi connectivity index (χ4v) is 1.89. The van der Waals surface area contributed by atoms with Crippen molar-refractivity contribution < 1.29 is 23.0 Å². The molecule has 2 aromatic carbocycles. The highest BCUT2D eigenvalue weighted by atomic mass is 19.4. The summed E-state index contributed by atoms with van der Waals surface area (Å²) >= 11 is 0. The third kappa shape index (κ3) is 2.71. The summed E-state index contributed by atoms with van der Waals surface area (Å²) in [5, 5.41) is 9.69. The van der Waals surface area contributed by atoms with E-state index >= 15 is 0 Å². The first kappa shape index (κ1) is 14.2. The summed E-state index contributed by atoms with van der Waals surface area (Å²) < 4.78 is 43.4. The molecule has 0 radical (unpaired) electrons. The van der Waals surface area contributed by atoms with Crippen LogP contribution in [0, 0.1) is 6.92 Å². The summed E-state index contributed by atoms with van der Waals surface area (Å²) in [5.74, 6) is 0.350. The number of phenolic OH excluding ortho intramolecular Hbond substituents is 1. The maximum atomic E-state index is 12.8. The van der Waals surface area contributed by atoms with E-state index in [1.165, 1.54) is 19.2 Å². The van der Waals surface area contributed by atoms with Crippen molar-refractivity contribution in [1.29, 1.82) is 0 Å². The molecule has 0 saturated carbocycles. The molecular formula is C15H13F3O2. The lowest BCUT2D eigenvalue weighted by Crippen LogP contribution is -2.05. The average Bonchev–Trinajstić information content (AvgIpc) is 2.40. The molecule has 0 aliphatic heterocycles. The first-order chi connectivity index (χ1) is 9.32. The van der Waals surface area contributed by atoms with Gasteiger partial charge in [-0.3, -0.25) is 0 Å². The summed E-state index contributed by atoms with van der Waals surface area (Å²) in [6, 6.07) is 7.97. The van der Waals surface area contributed by atoms with Gasteiger partial charge in [-0.25, -0.2) is 0 Å². The molecule has 2 rings (SSSR count). The highest BCUT2D eigenvalue weighted by Crippen LogP contribution is 2.38. The number of hydrogen-bond donors (Lipinski definition) is 1. The maximum absolute atomic E-state index is 12.8. The monoisotopic (exact) mass is 282 g/mol. The van der Waals surface area contributed by atoms with Gasteiger partial charge in [-0.2, -0.15) is 13.2 Å². The normalized spacial score (nSPS) is 11.4. The van der Waals surface area contributed by atoms with E-state index in [0.29, 0.717) is 16.9 Å². The Morgan fingerprint density at radius 2 is 1.75 bits per heavy atom. The zero-order valence-electron chi connectivity index (χ0n) is 11.0. The van der Waals surface area contributed by atoms with Gasteiger partial charge in [0.05, 0.1) is 12.7 Å². The van der Waals surface area contributed by atoms with E-state index in [9.17, 15) is 18.3 Å². The predicted octanol–water partition coefficient (Wildman–Crippen LogP) is 4.40. The molecule has 0 aliphatic rings. The fraction of sp³-hybridized carbons (Fsp3) is 0.200. The van der Waals surface area contributed by atoms with Crippen LogP contribution in [-0.2, 0) is 6.18 Å². The topological polar surface area (TPSA) is 29.5 Å². The number of aryl methyl sites for hydroxylation is 1. The van der Waals surface area contributed by atoms with Crippen LogP contribution in [0.1, 0.15) is 11.1 Å². The minimum Gasteiger partial charge on any atom is -0.508 e. The molecule has 2 aromatic rings. The van der Waals surface area contributed by atoms with Crippen LogP contribution < -0.4 is 4.74 Å². The number of ether oxygens (including phenoxy) is 1. The zero-order valence-corrected chi connectivity index (χ0v) is 11.0. The van der Waals surface area contributed by atoms with E-state index in [0.717, 1.165) is 12.1 Å². The molecule has 0 aromatic heterocycles. The molecule has 0 heterocycles. The zero-order chi connectivity index (χ0) is 14.9. The van der Waals surface area contributed by atoms with Crippen molar-refractivity contribution in [3.05, 3.63) is 47.5 Å². The number of aromatic hydroxyl groups is 1. The van der Waals surface area contributed by atoms with E-state index in [1.54, 1.807) is 19.1 Å². The van der Waals surface area contributed by atoms with Crippen molar-refractivity contribution in [2.45, 2.75) is 13.1 Å². The van der Waals surface area contributed by atoms with Crippen molar-refractivity contribution in [2.24, 2.45) is 0 Å². The van der Waals surface area contributed by atoms with E-state index in [1.807, 2.05) is 0 Å². The van der Waals surface area contributed by atoms with E-state index < -0.39 is 11.7 Å². The molecule has 0 atom stereocenters. The molecule has 0 spiro atoms. The number of methoxy groups -OCH3 is 1. The van der Waals surface area contributed by atoms with E-state index in [4.69, 9.17) is 4.74 Å². The van der Waals surface area contributed by atoms with Gasteiger partial charge in [0.15, 0.2) is 0 Å². The molecule has 2 nitrogen and oxygen atoms in total. The van der Waals surface area contributed by atoms with Crippen LogP contribution >= 0.6 is 0 Å². The van der Waals surface area contributed by atoms with E-state index in [2.05, 4.69) is 0 Å². The number of rotatable bonds is 2. The van der Waals surface area contributed by atoms with Gasteiger partial charge in [-0.05, 0) is 42.3 Å². The highest BCUT2D eigenvalue weighted by Gasteiger charge is 2.31. The molecule has 0 bridgehead atoms. The van der Waals surface area contributed by atoms with Crippen molar-refractivity contribution in [2.75, 3.05) is 7.11 Å². The number of phenols is 1. The first-order valence-electron chi connectivity index (χ1n) is 5.88. The number of halogens is 3. The second-order valence-electron chi connectivity index (χ2n) is 4.41. The summed E-state index contributed by atoms with van der Waals surface area (Å²) in [5.41, 5.74) is 0.654. The summed E-state index contributed by atoms with van der Waals surface area (Å²) in [7, 11) is 1.39. The van der Waals surface area contributed by atoms with Crippen molar-refractivity contribution in [1.82, 2.24) is 0 Å². The Kier molecular flexibility index (Phi) is 3.61. The van der Waals surface area contributed by atoms with Gasteiger partial charge in [0.2, 0.25) is 0 Å². The predicted molar refractivity (Wildman–Crippen MR) is 69.8 cm³/mol. The summed E-state index contributed by atoms with van der Waals surface area (Å²) in [4.78, 5) is 0. The maximum Gasteiger partial charge on any atom is 0.416 e. The quantitative estimate of drug-likeness (QED) is 0.885. The summed E-state index contributed by atoms with van der Waals surface area (Å²) in [6.45, 7) is 1.71. The Bertz CT molecular complexity index is 634. The van der Waals surface area contributed by atoms with Crippen molar-refractivity contribution >= 4 is 0 Å². The fourth-order valence-electron chi connectivity index (χ4n) is 1.89. The van der Waals surface area contributed by atoms with Crippen molar-refractivity contribution in [3.63, 3.8) is 0 Å². The largest absolute Gasteiger partial charge is 0.508 e. The molecule has 5 heteroatoms. The average molecular weight is 282 g/mol. The number of alkyl halides is 3. The molecule has 20 heavy (non-hydrogen) atoms. The van der Waals surface area contributed by atoms with Crippen LogP contribution in [0.3, 0.4) is 0 Å². The molecule has 0 unspecified atom stereocenters. The Morgan fingerprint density at radius 1 is 1.05 bits per heavy atom. The van der Waals surface area contributed by atoms with Crippen LogP contribution in [0.2, 0.25) is 0 Å². The molecule has 0 fully saturated rings. The lowest BCUT2D eigenvalue weighted by atomic mass is 10.00. The molecule has 0 saturated heterocycles. The van der Waals surface area contributed by atoms with Gasteiger partial charge in [0.1, 0.15) is 11.5 Å². The smallest absolute Gasteiger partial charge is 0.416 e. The van der Waals surface area contributed by atoms with Crippen LogP contribution in [0.5, 0.6) is 11.5 Å². The minimum absolute atomic E-state index is 0.0296. The lowest BCUT2D eigenvalue weighted by Gasteiger charge is -2.13.